The second kappa shape index (κ2) is 13.4. The zero-order valence-corrected chi connectivity index (χ0v) is 15.7. The third-order valence-corrected chi connectivity index (χ3v) is 3.42. The van der Waals surface area contributed by atoms with Gasteiger partial charge in [-0.1, -0.05) is 36.3 Å². The zero-order valence-electron chi connectivity index (χ0n) is 15.7. The van der Waals surface area contributed by atoms with Crippen molar-refractivity contribution in [3.63, 3.8) is 0 Å². The maximum Gasteiger partial charge on any atom is 0.252 e. The van der Waals surface area contributed by atoms with Gasteiger partial charge in [-0.05, 0) is 39.2 Å². The van der Waals surface area contributed by atoms with Crippen molar-refractivity contribution in [2.24, 2.45) is 0 Å². The lowest BCUT2D eigenvalue weighted by atomic mass is 10.1. The molecule has 0 rings (SSSR count). The first-order valence-corrected chi connectivity index (χ1v) is 8.65. The first kappa shape index (κ1) is 23.1. The van der Waals surface area contributed by atoms with Gasteiger partial charge in [-0.3, -0.25) is 9.59 Å². The molecule has 0 saturated carbocycles. The molecule has 0 saturated heterocycles. The Morgan fingerprint density at radius 3 is 2.40 bits per heavy atom. The highest BCUT2D eigenvalue weighted by Crippen LogP contribution is 2.06. The van der Waals surface area contributed by atoms with Gasteiger partial charge < -0.3 is 20.8 Å². The van der Waals surface area contributed by atoms with Crippen LogP contribution >= 0.6 is 0 Å². The highest BCUT2D eigenvalue weighted by atomic mass is 16.3. The number of hydrogen-bond acceptors (Lipinski definition) is 4. The van der Waals surface area contributed by atoms with Crippen molar-refractivity contribution in [1.29, 1.82) is 0 Å². The molecule has 6 heteroatoms. The average Bonchev–Trinajstić information content (AvgIpc) is 2.52. The lowest BCUT2D eigenvalue weighted by Gasteiger charge is -2.13. The van der Waals surface area contributed by atoms with Crippen LogP contribution in [0.25, 0.3) is 0 Å². The van der Waals surface area contributed by atoms with E-state index in [0.717, 1.165) is 12.0 Å². The number of amides is 2. The van der Waals surface area contributed by atoms with Crippen molar-refractivity contribution >= 4 is 11.8 Å². The number of carbonyl (C=O) groups excluding carboxylic acids is 2. The first-order valence-electron chi connectivity index (χ1n) is 8.65. The standard InChI is InChI=1S/C19H32N2O4/c1-5-7-14(2)8-6-9-15(3)12-18(24)19(25)20-11-10-17(23)13-21-16(4)22/h6-8,12,17-18,23-24H,5,9-11,13H2,1-4H3,(H,20,25)(H,21,22)/t17-,18-/m0/s1. The fourth-order valence-corrected chi connectivity index (χ4v) is 2.06. The Bertz CT molecular complexity index is 510. The summed E-state index contributed by atoms with van der Waals surface area (Å²) >= 11 is 0. The molecule has 6 nitrogen and oxygen atoms in total. The lowest BCUT2D eigenvalue weighted by Crippen LogP contribution is -2.37. The van der Waals surface area contributed by atoms with Crippen LogP contribution in [0.3, 0.4) is 0 Å². The van der Waals surface area contributed by atoms with Crippen molar-refractivity contribution in [2.75, 3.05) is 13.1 Å². The lowest BCUT2D eigenvalue weighted by molar-refractivity contribution is -0.127. The smallest absolute Gasteiger partial charge is 0.252 e. The van der Waals surface area contributed by atoms with Crippen LogP contribution < -0.4 is 10.6 Å². The average molecular weight is 352 g/mol. The molecule has 0 spiro atoms. The van der Waals surface area contributed by atoms with E-state index in [2.05, 4.69) is 23.6 Å². The predicted molar refractivity (Wildman–Crippen MR) is 99.9 cm³/mol. The van der Waals surface area contributed by atoms with Gasteiger partial charge in [-0.25, -0.2) is 0 Å². The van der Waals surface area contributed by atoms with Gasteiger partial charge in [0, 0.05) is 20.0 Å². The van der Waals surface area contributed by atoms with Gasteiger partial charge in [0.25, 0.3) is 5.91 Å². The van der Waals surface area contributed by atoms with E-state index in [1.54, 1.807) is 0 Å². The van der Waals surface area contributed by atoms with Crippen molar-refractivity contribution in [2.45, 2.75) is 59.2 Å². The topological polar surface area (TPSA) is 98.7 Å². The van der Waals surface area contributed by atoms with E-state index in [1.807, 2.05) is 26.0 Å². The molecule has 25 heavy (non-hydrogen) atoms. The van der Waals surface area contributed by atoms with E-state index in [-0.39, 0.29) is 19.0 Å². The van der Waals surface area contributed by atoms with Gasteiger partial charge in [0.2, 0.25) is 5.91 Å². The maximum absolute atomic E-state index is 11.8. The first-order chi connectivity index (χ1) is 11.8. The minimum absolute atomic E-state index is 0.144. The Balaban J connectivity index is 4.18. The minimum Gasteiger partial charge on any atom is -0.391 e. The molecule has 0 fully saturated rings. The third kappa shape index (κ3) is 13.1. The Labute approximate surface area is 150 Å². The third-order valence-electron chi connectivity index (χ3n) is 3.42. The van der Waals surface area contributed by atoms with E-state index >= 15 is 0 Å². The van der Waals surface area contributed by atoms with Gasteiger partial charge in [0.05, 0.1) is 6.10 Å². The van der Waals surface area contributed by atoms with E-state index < -0.39 is 18.1 Å². The Morgan fingerprint density at radius 2 is 1.80 bits per heavy atom. The van der Waals surface area contributed by atoms with Gasteiger partial charge >= 0.3 is 0 Å². The molecule has 0 unspecified atom stereocenters. The summed E-state index contributed by atoms with van der Waals surface area (Å²) in [5.74, 6) is -0.717. The molecule has 142 valence electrons. The number of aliphatic hydroxyl groups is 2. The normalized spacial score (nSPS) is 15.1. The Hall–Kier alpha value is -1.92. The number of aliphatic hydroxyl groups excluding tert-OH is 2. The monoisotopic (exact) mass is 352 g/mol. The van der Waals surface area contributed by atoms with Crippen LogP contribution in [0.5, 0.6) is 0 Å². The van der Waals surface area contributed by atoms with Crippen molar-refractivity contribution in [3.8, 4) is 0 Å². The number of allylic oxidation sites excluding steroid dienone is 5. The number of hydrogen-bond donors (Lipinski definition) is 4. The van der Waals surface area contributed by atoms with Crippen LogP contribution in [-0.2, 0) is 9.59 Å². The Kier molecular flexibility index (Phi) is 12.4. The van der Waals surface area contributed by atoms with Crippen molar-refractivity contribution < 1.29 is 19.8 Å². The molecule has 4 N–H and O–H groups in total. The second-order valence-electron chi connectivity index (χ2n) is 6.09. The molecule has 0 aromatic heterocycles. The van der Waals surface area contributed by atoms with Crippen molar-refractivity contribution in [1.82, 2.24) is 10.6 Å². The molecule has 0 bridgehead atoms. The van der Waals surface area contributed by atoms with Gasteiger partial charge in [-0.15, -0.1) is 0 Å². The molecule has 0 aromatic carbocycles. The molecule has 0 aromatic rings. The largest absolute Gasteiger partial charge is 0.391 e. The summed E-state index contributed by atoms with van der Waals surface area (Å²) in [4.78, 5) is 22.5. The molecule has 0 radical (unpaired) electrons. The fraction of sp³-hybridized carbons (Fsp3) is 0.579. The molecular formula is C19H32N2O4. The van der Waals surface area contributed by atoms with Crippen molar-refractivity contribution in [3.05, 3.63) is 35.5 Å². The van der Waals surface area contributed by atoms with Crippen LogP contribution in [0, 0.1) is 0 Å². The summed E-state index contributed by atoms with van der Waals surface area (Å²) < 4.78 is 0. The van der Waals surface area contributed by atoms with Crippen LogP contribution in [0.15, 0.2) is 35.5 Å². The highest BCUT2D eigenvalue weighted by Gasteiger charge is 2.12. The molecule has 2 amide bonds. The summed E-state index contributed by atoms with van der Waals surface area (Å²) in [6, 6.07) is 0. The van der Waals surface area contributed by atoms with Crippen LogP contribution in [0.4, 0.5) is 0 Å². The maximum atomic E-state index is 11.8. The number of rotatable bonds is 11. The Morgan fingerprint density at radius 1 is 1.12 bits per heavy atom. The van der Waals surface area contributed by atoms with E-state index in [4.69, 9.17) is 0 Å². The van der Waals surface area contributed by atoms with Crippen LogP contribution in [0.2, 0.25) is 0 Å². The molecule has 0 aliphatic heterocycles. The molecule has 0 aliphatic rings. The number of carbonyl (C=O) groups is 2. The zero-order chi connectivity index (χ0) is 19.2. The summed E-state index contributed by atoms with van der Waals surface area (Å²) in [7, 11) is 0. The second-order valence-corrected chi connectivity index (χ2v) is 6.09. The SMILES string of the molecule is CCC=C(C)C=CCC(C)=C[C@H](O)C(=O)NCC[C@H](O)CNC(C)=O. The number of nitrogens with one attached hydrogen (secondary N) is 2. The molecule has 2 atom stereocenters. The van der Waals surface area contributed by atoms with E-state index in [9.17, 15) is 19.8 Å². The summed E-state index contributed by atoms with van der Waals surface area (Å²) in [6.07, 6.45) is 7.66. The summed E-state index contributed by atoms with van der Waals surface area (Å²) in [5.41, 5.74) is 2.08. The minimum atomic E-state index is -1.21. The van der Waals surface area contributed by atoms with Gasteiger partial charge in [-0.2, -0.15) is 0 Å². The fourth-order valence-electron chi connectivity index (χ4n) is 2.06. The predicted octanol–water partition coefficient (Wildman–Crippen LogP) is 1.60. The highest BCUT2D eigenvalue weighted by molar-refractivity contribution is 5.82. The quantitative estimate of drug-likeness (QED) is 0.335. The molecule has 0 heterocycles. The molecular weight excluding hydrogens is 320 g/mol. The van der Waals surface area contributed by atoms with Gasteiger partial charge in [0.1, 0.15) is 0 Å². The van der Waals surface area contributed by atoms with E-state index in [0.29, 0.717) is 12.8 Å². The summed E-state index contributed by atoms with van der Waals surface area (Å²) in [6.45, 7) is 7.71. The van der Waals surface area contributed by atoms with Crippen LogP contribution in [0.1, 0.15) is 47.0 Å². The summed E-state index contributed by atoms with van der Waals surface area (Å²) in [5, 5.41) is 24.6. The van der Waals surface area contributed by atoms with Crippen LogP contribution in [-0.4, -0.2) is 47.3 Å². The van der Waals surface area contributed by atoms with E-state index in [1.165, 1.54) is 18.6 Å². The van der Waals surface area contributed by atoms with Gasteiger partial charge in [0.15, 0.2) is 6.10 Å². The molecule has 0 aliphatic carbocycles.